The van der Waals surface area contributed by atoms with Gasteiger partial charge in [0.2, 0.25) is 5.91 Å². The third-order valence-electron chi connectivity index (χ3n) is 6.80. The van der Waals surface area contributed by atoms with Crippen LogP contribution in [0.25, 0.3) is 0 Å². The van der Waals surface area contributed by atoms with Crippen LogP contribution in [0.5, 0.6) is 0 Å². The van der Waals surface area contributed by atoms with E-state index >= 15 is 0 Å². The Balaban J connectivity index is 0.000000318. The number of aliphatic carboxylic acids is 1. The van der Waals surface area contributed by atoms with E-state index in [0.29, 0.717) is 44.4 Å². The number of nitrogens with zero attached hydrogens (tertiary/aromatic N) is 2. The van der Waals surface area contributed by atoms with E-state index in [9.17, 15) is 22.4 Å². The first-order valence-corrected chi connectivity index (χ1v) is 10.7. The Labute approximate surface area is 173 Å². The first kappa shape index (κ1) is 23.2. The van der Waals surface area contributed by atoms with Crippen LogP contribution in [0.15, 0.2) is 0 Å². The van der Waals surface area contributed by atoms with Crippen LogP contribution >= 0.6 is 0 Å². The van der Waals surface area contributed by atoms with Gasteiger partial charge in [-0.15, -0.1) is 0 Å². The highest BCUT2D eigenvalue weighted by Crippen LogP contribution is 2.38. The van der Waals surface area contributed by atoms with Crippen molar-refractivity contribution in [2.24, 2.45) is 17.8 Å². The van der Waals surface area contributed by atoms with Crippen LogP contribution in [-0.4, -0.2) is 84.6 Å². The average Bonchev–Trinajstić information content (AvgIpc) is 3.37. The number of hydrogen-bond donors (Lipinski definition) is 1. The molecule has 0 aromatic rings. The third kappa shape index (κ3) is 5.63. The molecule has 4 rings (SSSR count). The third-order valence-corrected chi connectivity index (χ3v) is 6.80. The molecule has 6 nitrogen and oxygen atoms in total. The number of halogens is 4. The molecule has 0 bridgehead atoms. The van der Waals surface area contributed by atoms with Gasteiger partial charge in [0.1, 0.15) is 6.17 Å². The minimum atomic E-state index is -5.08. The van der Waals surface area contributed by atoms with Crippen LogP contribution in [0, 0.1) is 17.8 Å². The Morgan fingerprint density at radius 1 is 0.967 bits per heavy atom. The van der Waals surface area contributed by atoms with Crippen molar-refractivity contribution in [1.82, 2.24) is 9.80 Å². The Hall–Kier alpha value is -1.42. The lowest BCUT2D eigenvalue weighted by atomic mass is 9.81. The number of amides is 1. The molecule has 3 heterocycles. The van der Waals surface area contributed by atoms with E-state index in [0.717, 1.165) is 25.7 Å². The molecule has 3 aliphatic heterocycles. The highest BCUT2D eigenvalue weighted by molar-refractivity contribution is 5.79. The van der Waals surface area contributed by atoms with Gasteiger partial charge in [-0.25, -0.2) is 9.18 Å². The molecular formula is C20H30F4N2O4. The summed E-state index contributed by atoms with van der Waals surface area (Å²) in [4.78, 5) is 26.4. The van der Waals surface area contributed by atoms with E-state index in [1.54, 1.807) is 0 Å². The minimum absolute atomic E-state index is 0.00341. The number of likely N-dealkylation sites (tertiary alicyclic amines) is 2. The number of fused-ring (bicyclic) bond motifs is 1. The van der Waals surface area contributed by atoms with Crippen molar-refractivity contribution < 1.29 is 37.0 Å². The molecule has 3 atom stereocenters. The number of carboxylic acids is 1. The van der Waals surface area contributed by atoms with Gasteiger partial charge in [0.15, 0.2) is 0 Å². The van der Waals surface area contributed by atoms with Crippen molar-refractivity contribution in [2.75, 3.05) is 39.4 Å². The molecule has 1 saturated carbocycles. The van der Waals surface area contributed by atoms with E-state index in [4.69, 9.17) is 14.6 Å². The van der Waals surface area contributed by atoms with E-state index in [2.05, 4.69) is 4.90 Å². The van der Waals surface area contributed by atoms with E-state index in [-0.39, 0.29) is 11.8 Å². The lowest BCUT2D eigenvalue weighted by molar-refractivity contribution is -0.192. The number of carbonyl (C=O) groups is 2. The maximum atomic E-state index is 13.3. The van der Waals surface area contributed by atoms with Crippen molar-refractivity contribution in [3.63, 3.8) is 0 Å². The molecule has 30 heavy (non-hydrogen) atoms. The zero-order valence-electron chi connectivity index (χ0n) is 17.0. The molecule has 3 saturated heterocycles. The molecule has 0 radical (unpaired) electrons. The fourth-order valence-electron chi connectivity index (χ4n) is 5.16. The van der Waals surface area contributed by atoms with Gasteiger partial charge in [-0.1, -0.05) is 12.8 Å². The second-order valence-electron chi connectivity index (χ2n) is 8.76. The second-order valence-corrected chi connectivity index (χ2v) is 8.76. The molecule has 1 N–H and O–H groups in total. The van der Waals surface area contributed by atoms with Gasteiger partial charge in [0.05, 0.1) is 19.1 Å². The quantitative estimate of drug-likeness (QED) is 0.672. The van der Waals surface area contributed by atoms with Gasteiger partial charge >= 0.3 is 12.1 Å². The lowest BCUT2D eigenvalue weighted by Gasteiger charge is -2.37. The summed E-state index contributed by atoms with van der Waals surface area (Å²) in [5.74, 6) is -1.58. The van der Waals surface area contributed by atoms with Crippen LogP contribution in [0.2, 0.25) is 0 Å². The number of carbonyl (C=O) groups excluding carboxylic acids is 1. The number of rotatable bonds is 2. The van der Waals surface area contributed by atoms with Crippen molar-refractivity contribution in [3.8, 4) is 0 Å². The number of carboxylic acid groups (broad SMARTS) is 1. The largest absolute Gasteiger partial charge is 0.490 e. The zero-order valence-corrected chi connectivity index (χ0v) is 17.0. The molecule has 172 valence electrons. The SMILES string of the molecule is O=C(O)C(F)(F)F.O=C([C@@H]1COC[C@H]2CN(C3CCCC3)C[C@H]21)N1CCC(F)CC1. The van der Waals surface area contributed by atoms with Gasteiger partial charge in [-0.3, -0.25) is 9.69 Å². The molecule has 0 aromatic carbocycles. The van der Waals surface area contributed by atoms with E-state index in [1.165, 1.54) is 25.7 Å². The first-order chi connectivity index (χ1) is 14.2. The summed E-state index contributed by atoms with van der Waals surface area (Å²) in [6.45, 7) is 4.71. The van der Waals surface area contributed by atoms with Gasteiger partial charge < -0.3 is 14.7 Å². The predicted octanol–water partition coefficient (Wildman–Crippen LogP) is 2.72. The van der Waals surface area contributed by atoms with Crippen LogP contribution < -0.4 is 0 Å². The second kappa shape index (κ2) is 9.80. The minimum Gasteiger partial charge on any atom is -0.475 e. The van der Waals surface area contributed by atoms with Gasteiger partial charge in [0.25, 0.3) is 0 Å². The first-order valence-electron chi connectivity index (χ1n) is 10.7. The summed E-state index contributed by atoms with van der Waals surface area (Å²) < 4.78 is 50.9. The Morgan fingerprint density at radius 3 is 2.13 bits per heavy atom. The molecule has 10 heteroatoms. The van der Waals surface area contributed by atoms with Crippen molar-refractivity contribution in [1.29, 1.82) is 0 Å². The summed E-state index contributed by atoms with van der Waals surface area (Å²) in [6.07, 6.45) is 0.551. The normalized spacial score (nSPS) is 31.2. The number of alkyl halides is 4. The zero-order chi connectivity index (χ0) is 21.9. The summed E-state index contributed by atoms with van der Waals surface area (Å²) in [5.41, 5.74) is 0. The smallest absolute Gasteiger partial charge is 0.475 e. The van der Waals surface area contributed by atoms with Gasteiger partial charge in [-0.05, 0) is 37.5 Å². The highest BCUT2D eigenvalue weighted by atomic mass is 19.4. The molecule has 0 spiro atoms. The van der Waals surface area contributed by atoms with E-state index in [1.807, 2.05) is 4.90 Å². The van der Waals surface area contributed by atoms with E-state index < -0.39 is 18.3 Å². The predicted molar refractivity (Wildman–Crippen MR) is 99.5 cm³/mol. The fourth-order valence-corrected chi connectivity index (χ4v) is 5.16. The lowest BCUT2D eigenvalue weighted by Crippen LogP contribution is -2.49. The van der Waals surface area contributed by atoms with Crippen molar-refractivity contribution in [3.05, 3.63) is 0 Å². The molecule has 4 fully saturated rings. The molecule has 0 unspecified atom stereocenters. The Kier molecular flexibility index (Phi) is 7.60. The topological polar surface area (TPSA) is 70.1 Å². The number of hydrogen-bond acceptors (Lipinski definition) is 4. The Bertz CT molecular complexity index is 604. The number of ether oxygens (including phenoxy) is 1. The average molecular weight is 438 g/mol. The molecular weight excluding hydrogens is 408 g/mol. The maximum absolute atomic E-state index is 13.3. The maximum Gasteiger partial charge on any atom is 0.490 e. The summed E-state index contributed by atoms with van der Waals surface area (Å²) >= 11 is 0. The van der Waals surface area contributed by atoms with Crippen molar-refractivity contribution in [2.45, 2.75) is 56.9 Å². The van der Waals surface area contributed by atoms with Crippen LogP contribution in [0.3, 0.4) is 0 Å². The highest BCUT2D eigenvalue weighted by Gasteiger charge is 2.46. The summed E-state index contributed by atoms with van der Waals surface area (Å²) in [6, 6.07) is 0.735. The summed E-state index contributed by atoms with van der Waals surface area (Å²) in [5, 5.41) is 7.12. The van der Waals surface area contributed by atoms with Gasteiger partial charge in [0, 0.05) is 32.2 Å². The van der Waals surface area contributed by atoms with Crippen LogP contribution in [-0.2, 0) is 14.3 Å². The van der Waals surface area contributed by atoms with Crippen LogP contribution in [0.1, 0.15) is 38.5 Å². The molecule has 4 aliphatic rings. The monoisotopic (exact) mass is 438 g/mol. The summed E-state index contributed by atoms with van der Waals surface area (Å²) in [7, 11) is 0. The molecule has 0 aromatic heterocycles. The number of piperidine rings is 1. The van der Waals surface area contributed by atoms with Gasteiger partial charge in [-0.2, -0.15) is 13.2 Å². The van der Waals surface area contributed by atoms with Crippen molar-refractivity contribution >= 4 is 11.9 Å². The molecule has 1 amide bonds. The fraction of sp³-hybridized carbons (Fsp3) is 0.900. The Morgan fingerprint density at radius 2 is 1.57 bits per heavy atom. The van der Waals surface area contributed by atoms with Crippen LogP contribution in [0.4, 0.5) is 17.6 Å². The standard InChI is InChI=1S/C18H29FN2O2.C2HF3O2/c19-14-5-7-20(8-6-14)18(22)17-12-23-11-13-9-21(10-16(13)17)15-3-1-2-4-15;3-2(4,5)1(6)7/h13-17H,1-12H2;(H,6,7)/t13-,16-,17-;/m1./s1. The molecule has 1 aliphatic carbocycles.